The number of rotatable bonds is 5. The molecule has 0 saturated heterocycles. The molecule has 108 valence electrons. The van der Waals surface area contributed by atoms with Crippen molar-refractivity contribution < 1.29 is 9.90 Å². The number of thioether (sulfide) groups is 1. The third kappa shape index (κ3) is 2.96. The molecule has 1 N–H and O–H groups in total. The first kappa shape index (κ1) is 14.2. The van der Waals surface area contributed by atoms with Crippen LogP contribution in [0.4, 0.5) is 0 Å². The van der Waals surface area contributed by atoms with Gasteiger partial charge in [0.05, 0.1) is 5.88 Å². The fourth-order valence-corrected chi connectivity index (χ4v) is 3.44. The second kappa shape index (κ2) is 6.33. The number of hydrogen-bond acceptors (Lipinski definition) is 3. The highest BCUT2D eigenvalue weighted by molar-refractivity contribution is 7.99. The van der Waals surface area contributed by atoms with E-state index in [1.807, 2.05) is 36.4 Å². The molecule has 0 spiro atoms. The quantitative estimate of drug-likeness (QED) is 0.863. The van der Waals surface area contributed by atoms with Crippen molar-refractivity contribution in [2.24, 2.45) is 0 Å². The molecule has 1 aliphatic heterocycles. The van der Waals surface area contributed by atoms with Gasteiger partial charge in [0, 0.05) is 11.1 Å². The first-order chi connectivity index (χ1) is 10.3. The maximum atomic E-state index is 12.2. The smallest absolute Gasteiger partial charge is 0.257 e. The monoisotopic (exact) mass is 299 g/mol. The molecule has 4 heteroatoms. The van der Waals surface area contributed by atoms with Crippen LogP contribution >= 0.6 is 11.8 Å². The second-order valence-electron chi connectivity index (χ2n) is 5.01. The highest BCUT2D eigenvalue weighted by Crippen LogP contribution is 2.32. The normalized spacial score (nSPS) is 17.1. The van der Waals surface area contributed by atoms with Gasteiger partial charge < -0.3 is 5.11 Å². The van der Waals surface area contributed by atoms with Gasteiger partial charge in [-0.05, 0) is 23.8 Å². The maximum Gasteiger partial charge on any atom is 0.257 e. The largest absolute Gasteiger partial charge is 0.369 e. The molecular formula is C17H17NO2S. The molecule has 0 fully saturated rings. The van der Waals surface area contributed by atoms with E-state index < -0.39 is 6.23 Å². The van der Waals surface area contributed by atoms with Crippen molar-refractivity contribution >= 4 is 17.7 Å². The van der Waals surface area contributed by atoms with Crippen LogP contribution in [0.3, 0.4) is 0 Å². The van der Waals surface area contributed by atoms with Crippen LogP contribution in [-0.4, -0.2) is 27.5 Å². The Kier molecular flexibility index (Phi) is 4.27. The van der Waals surface area contributed by atoms with Crippen molar-refractivity contribution in [3.63, 3.8) is 0 Å². The highest BCUT2D eigenvalue weighted by atomic mass is 32.2. The molecule has 0 bridgehead atoms. The molecule has 2 aromatic rings. The van der Waals surface area contributed by atoms with Crippen molar-refractivity contribution in [3.05, 3.63) is 71.3 Å². The average molecular weight is 299 g/mol. The van der Waals surface area contributed by atoms with Crippen molar-refractivity contribution in [2.75, 3.05) is 11.6 Å². The Labute approximate surface area is 128 Å². The van der Waals surface area contributed by atoms with E-state index in [4.69, 9.17) is 0 Å². The SMILES string of the molecule is O=C1c2ccccc2C(O)N1CSCCc1ccccc1. The Morgan fingerprint density at radius 2 is 1.76 bits per heavy atom. The van der Waals surface area contributed by atoms with Crippen molar-refractivity contribution in [3.8, 4) is 0 Å². The first-order valence-corrected chi connectivity index (χ1v) is 8.12. The second-order valence-corrected chi connectivity index (χ2v) is 6.08. The fraction of sp³-hybridized carbons (Fsp3) is 0.235. The number of aliphatic hydroxyl groups excluding tert-OH is 1. The van der Waals surface area contributed by atoms with Crippen molar-refractivity contribution in [1.82, 2.24) is 4.90 Å². The number of carbonyl (C=O) groups is 1. The molecule has 1 aliphatic rings. The zero-order valence-corrected chi connectivity index (χ0v) is 12.4. The number of aliphatic hydroxyl groups is 1. The summed E-state index contributed by atoms with van der Waals surface area (Å²) in [5, 5.41) is 10.2. The molecular weight excluding hydrogens is 282 g/mol. The Morgan fingerprint density at radius 3 is 2.52 bits per heavy atom. The molecule has 0 saturated carbocycles. The summed E-state index contributed by atoms with van der Waals surface area (Å²) in [5.41, 5.74) is 2.63. The van der Waals surface area contributed by atoms with Gasteiger partial charge in [-0.3, -0.25) is 9.69 Å². The van der Waals surface area contributed by atoms with E-state index in [1.165, 1.54) is 10.5 Å². The topological polar surface area (TPSA) is 40.5 Å². The number of aryl methyl sites for hydroxylation is 1. The Hall–Kier alpha value is -1.78. The lowest BCUT2D eigenvalue weighted by molar-refractivity contribution is 0.0271. The van der Waals surface area contributed by atoms with Gasteiger partial charge in [-0.15, -0.1) is 11.8 Å². The maximum absolute atomic E-state index is 12.2. The van der Waals surface area contributed by atoms with Gasteiger partial charge in [0.25, 0.3) is 5.91 Å². The molecule has 1 atom stereocenters. The van der Waals surface area contributed by atoms with Gasteiger partial charge >= 0.3 is 0 Å². The summed E-state index contributed by atoms with van der Waals surface area (Å²) in [6.07, 6.45) is 0.161. The molecule has 0 aliphatic carbocycles. The summed E-state index contributed by atoms with van der Waals surface area (Å²) in [4.78, 5) is 13.8. The average Bonchev–Trinajstić information content (AvgIpc) is 2.77. The van der Waals surface area contributed by atoms with Crippen LogP contribution in [0.2, 0.25) is 0 Å². The van der Waals surface area contributed by atoms with Gasteiger partial charge in [0.15, 0.2) is 6.23 Å². The van der Waals surface area contributed by atoms with Crippen molar-refractivity contribution in [1.29, 1.82) is 0 Å². The van der Waals surface area contributed by atoms with Crippen LogP contribution in [0.5, 0.6) is 0 Å². The standard InChI is InChI=1S/C17H17NO2S/c19-16-14-8-4-5-9-15(14)17(20)18(16)12-21-11-10-13-6-2-1-3-7-13/h1-9,16,19H,10-12H2. The third-order valence-corrected chi connectivity index (χ3v) is 4.59. The molecule has 3 rings (SSSR count). The van der Waals surface area contributed by atoms with E-state index in [0.717, 1.165) is 12.2 Å². The summed E-state index contributed by atoms with van der Waals surface area (Å²) in [5.74, 6) is 1.36. The lowest BCUT2D eigenvalue weighted by atomic mass is 10.1. The van der Waals surface area contributed by atoms with Gasteiger partial charge in [-0.1, -0.05) is 48.5 Å². The minimum absolute atomic E-state index is 0.0784. The van der Waals surface area contributed by atoms with E-state index >= 15 is 0 Å². The molecule has 21 heavy (non-hydrogen) atoms. The predicted molar refractivity (Wildman–Crippen MR) is 85.0 cm³/mol. The molecule has 1 unspecified atom stereocenters. The number of benzene rings is 2. The lowest BCUT2D eigenvalue weighted by Crippen LogP contribution is -2.27. The summed E-state index contributed by atoms with van der Waals surface area (Å²) < 4.78 is 0. The zero-order valence-electron chi connectivity index (χ0n) is 11.6. The van der Waals surface area contributed by atoms with Crippen molar-refractivity contribution in [2.45, 2.75) is 12.6 Å². The molecule has 0 radical (unpaired) electrons. The third-order valence-electron chi connectivity index (χ3n) is 3.63. The van der Waals surface area contributed by atoms with Crippen LogP contribution < -0.4 is 0 Å². The Balaban J connectivity index is 1.54. The summed E-state index contributed by atoms with van der Waals surface area (Å²) in [6, 6.07) is 17.5. The van der Waals surface area contributed by atoms with Crippen LogP contribution in [0, 0.1) is 0 Å². The zero-order chi connectivity index (χ0) is 14.7. The minimum Gasteiger partial charge on any atom is -0.369 e. The van der Waals surface area contributed by atoms with E-state index in [9.17, 15) is 9.90 Å². The number of fused-ring (bicyclic) bond motifs is 1. The van der Waals surface area contributed by atoms with Crippen LogP contribution in [0.1, 0.15) is 27.7 Å². The molecule has 1 heterocycles. The fourth-order valence-electron chi connectivity index (χ4n) is 2.48. The van der Waals surface area contributed by atoms with Crippen LogP contribution in [0.25, 0.3) is 0 Å². The number of nitrogens with zero attached hydrogens (tertiary/aromatic N) is 1. The van der Waals surface area contributed by atoms with Crippen LogP contribution in [0.15, 0.2) is 54.6 Å². The van der Waals surface area contributed by atoms with E-state index in [2.05, 4.69) is 12.1 Å². The van der Waals surface area contributed by atoms with Gasteiger partial charge in [0.2, 0.25) is 0 Å². The molecule has 0 aromatic heterocycles. The van der Waals surface area contributed by atoms with E-state index in [-0.39, 0.29) is 5.91 Å². The van der Waals surface area contributed by atoms with E-state index in [0.29, 0.717) is 17.0 Å². The van der Waals surface area contributed by atoms with Gasteiger partial charge in [-0.2, -0.15) is 0 Å². The van der Waals surface area contributed by atoms with Gasteiger partial charge in [-0.25, -0.2) is 0 Å². The minimum atomic E-state index is -0.807. The molecule has 2 aromatic carbocycles. The number of hydrogen-bond donors (Lipinski definition) is 1. The van der Waals surface area contributed by atoms with E-state index in [1.54, 1.807) is 17.8 Å². The van der Waals surface area contributed by atoms with Gasteiger partial charge in [0.1, 0.15) is 0 Å². The first-order valence-electron chi connectivity index (χ1n) is 6.97. The summed E-state index contributed by atoms with van der Waals surface area (Å²) in [6.45, 7) is 0. The number of carbonyl (C=O) groups excluding carboxylic acids is 1. The summed E-state index contributed by atoms with van der Waals surface area (Å²) in [7, 11) is 0. The Morgan fingerprint density at radius 1 is 1.05 bits per heavy atom. The molecule has 3 nitrogen and oxygen atoms in total. The summed E-state index contributed by atoms with van der Waals surface area (Å²) >= 11 is 1.67. The highest BCUT2D eigenvalue weighted by Gasteiger charge is 2.34. The van der Waals surface area contributed by atoms with Crippen LogP contribution in [-0.2, 0) is 6.42 Å². The Bertz CT molecular complexity index is 630. The lowest BCUT2D eigenvalue weighted by Gasteiger charge is -2.20. The predicted octanol–water partition coefficient (Wildman–Crippen LogP) is 3.07. The molecule has 1 amide bonds. The number of amides is 1.